The summed E-state index contributed by atoms with van der Waals surface area (Å²) in [5, 5.41) is 0. The molecule has 1 aliphatic carbocycles. The van der Waals surface area contributed by atoms with E-state index in [2.05, 4.69) is 11.9 Å². The average molecular weight is 343 g/mol. The van der Waals surface area contributed by atoms with E-state index < -0.39 is 17.3 Å². The van der Waals surface area contributed by atoms with E-state index in [4.69, 9.17) is 10.5 Å². The van der Waals surface area contributed by atoms with Crippen LogP contribution in [0.2, 0.25) is 0 Å². The number of halogens is 2. The summed E-state index contributed by atoms with van der Waals surface area (Å²) in [5.41, 5.74) is 5.10. The van der Waals surface area contributed by atoms with E-state index in [0.717, 1.165) is 32.4 Å². The van der Waals surface area contributed by atoms with Gasteiger partial charge in [-0.2, -0.15) is 0 Å². The highest BCUT2D eigenvalue weighted by Gasteiger charge is 2.53. The van der Waals surface area contributed by atoms with Crippen molar-refractivity contribution in [2.45, 2.75) is 24.9 Å². The van der Waals surface area contributed by atoms with Crippen LogP contribution in [-0.4, -0.2) is 38.1 Å². The average Bonchev–Trinajstić information content (AvgIpc) is 2.46. The molecular formula is C17H24ClFN2O2. The van der Waals surface area contributed by atoms with Crippen LogP contribution in [-0.2, 0) is 10.3 Å². The summed E-state index contributed by atoms with van der Waals surface area (Å²) < 4.78 is 20.9. The Kier molecular flexibility index (Phi) is 5.33. The SMILES string of the molecule is COC1(c2cccc(C(N)=O)c2F)[C@@H]2CCC[C@H]1CN(C)C2.Cl. The molecule has 2 N–H and O–H groups in total. The van der Waals surface area contributed by atoms with E-state index >= 15 is 0 Å². The van der Waals surface area contributed by atoms with Gasteiger partial charge in [-0.25, -0.2) is 4.39 Å². The molecular weight excluding hydrogens is 319 g/mol. The lowest BCUT2D eigenvalue weighted by Gasteiger charge is -2.54. The molecule has 4 nitrogen and oxygen atoms in total. The van der Waals surface area contributed by atoms with Gasteiger partial charge in [0.1, 0.15) is 11.4 Å². The van der Waals surface area contributed by atoms with Crippen LogP contribution in [0.1, 0.15) is 35.2 Å². The second-order valence-electron chi connectivity index (χ2n) is 6.57. The number of nitrogens with zero attached hydrogens (tertiary/aromatic N) is 1. The van der Waals surface area contributed by atoms with Gasteiger partial charge in [0.2, 0.25) is 0 Å². The number of nitrogens with two attached hydrogens (primary N) is 1. The molecule has 128 valence electrons. The third-order valence-electron chi connectivity index (χ3n) is 5.41. The number of carbonyl (C=O) groups excluding carboxylic acids is 1. The third-order valence-corrected chi connectivity index (χ3v) is 5.41. The Morgan fingerprint density at radius 1 is 1.35 bits per heavy atom. The maximum absolute atomic E-state index is 14.9. The first-order valence-corrected chi connectivity index (χ1v) is 7.83. The number of hydrogen-bond donors (Lipinski definition) is 1. The highest BCUT2D eigenvalue weighted by Crippen LogP contribution is 2.52. The fourth-order valence-electron chi connectivity index (χ4n) is 4.56. The van der Waals surface area contributed by atoms with Crippen molar-refractivity contribution < 1.29 is 13.9 Å². The minimum absolute atomic E-state index is 0. The molecule has 1 saturated carbocycles. The number of primary amides is 1. The Hall–Kier alpha value is -1.17. The summed E-state index contributed by atoms with van der Waals surface area (Å²) in [5.74, 6) is -0.790. The number of rotatable bonds is 3. The lowest BCUT2D eigenvalue weighted by atomic mass is 9.62. The van der Waals surface area contributed by atoms with Gasteiger partial charge in [-0.05, 0) is 26.0 Å². The number of fused-ring (bicyclic) bond motifs is 2. The fraction of sp³-hybridized carbons (Fsp3) is 0.588. The van der Waals surface area contributed by atoms with E-state index in [-0.39, 0.29) is 29.8 Å². The smallest absolute Gasteiger partial charge is 0.251 e. The standard InChI is InChI=1S/C17H23FN2O2.ClH/c1-20-9-11-5-3-6-12(10-20)17(11,22-2)14-8-4-7-13(15(14)18)16(19)21;/h4,7-8,11-12H,3,5-6,9-10H2,1-2H3,(H2,19,21);1H/t11-,12+,17?;. The lowest BCUT2D eigenvalue weighted by molar-refractivity contribution is -0.167. The van der Waals surface area contributed by atoms with Crippen molar-refractivity contribution in [1.82, 2.24) is 4.90 Å². The van der Waals surface area contributed by atoms with E-state index in [9.17, 15) is 9.18 Å². The molecule has 1 aromatic carbocycles. The van der Waals surface area contributed by atoms with Gasteiger partial charge in [0.15, 0.2) is 0 Å². The van der Waals surface area contributed by atoms with Crippen LogP contribution in [0.3, 0.4) is 0 Å². The minimum Gasteiger partial charge on any atom is -0.373 e. The van der Waals surface area contributed by atoms with E-state index in [1.54, 1.807) is 19.2 Å². The van der Waals surface area contributed by atoms with Crippen LogP contribution >= 0.6 is 12.4 Å². The molecule has 1 heterocycles. The quantitative estimate of drug-likeness (QED) is 0.918. The Labute approximate surface area is 142 Å². The minimum atomic E-state index is -0.733. The van der Waals surface area contributed by atoms with Gasteiger partial charge >= 0.3 is 0 Å². The molecule has 1 aliphatic heterocycles. The molecule has 0 radical (unpaired) electrons. The Bertz CT molecular complexity index is 582. The number of ether oxygens (including phenoxy) is 1. The summed E-state index contributed by atoms with van der Waals surface area (Å²) in [7, 11) is 3.76. The van der Waals surface area contributed by atoms with Gasteiger partial charge in [-0.15, -0.1) is 12.4 Å². The summed E-state index contributed by atoms with van der Waals surface area (Å²) in [6.45, 7) is 1.76. The van der Waals surface area contributed by atoms with E-state index in [1.807, 2.05) is 0 Å². The molecule has 23 heavy (non-hydrogen) atoms. The van der Waals surface area contributed by atoms with Crippen LogP contribution in [0.25, 0.3) is 0 Å². The molecule has 3 atom stereocenters. The molecule has 1 saturated heterocycles. The zero-order valence-electron chi connectivity index (χ0n) is 13.5. The molecule has 3 rings (SSSR count). The first-order chi connectivity index (χ1) is 10.5. The van der Waals surface area contributed by atoms with Gasteiger partial charge in [0.05, 0.1) is 5.56 Å². The fourth-order valence-corrected chi connectivity index (χ4v) is 4.56. The van der Waals surface area contributed by atoms with Crippen molar-refractivity contribution in [3.63, 3.8) is 0 Å². The van der Waals surface area contributed by atoms with Crippen LogP contribution < -0.4 is 5.73 Å². The van der Waals surface area contributed by atoms with E-state index in [1.165, 1.54) is 6.07 Å². The van der Waals surface area contributed by atoms with Crippen LogP contribution in [0.5, 0.6) is 0 Å². The third kappa shape index (κ3) is 2.75. The van der Waals surface area contributed by atoms with Gasteiger partial charge in [-0.3, -0.25) is 4.79 Å². The number of amides is 1. The number of carbonyl (C=O) groups is 1. The molecule has 2 aliphatic rings. The summed E-state index contributed by atoms with van der Waals surface area (Å²) >= 11 is 0. The number of benzene rings is 1. The van der Waals surface area contributed by atoms with E-state index in [0.29, 0.717) is 5.56 Å². The number of hydrogen-bond acceptors (Lipinski definition) is 3. The highest BCUT2D eigenvalue weighted by molar-refractivity contribution is 5.93. The predicted octanol–water partition coefficient (Wildman–Crippen LogP) is 2.55. The monoisotopic (exact) mass is 342 g/mol. The molecule has 1 unspecified atom stereocenters. The summed E-state index contributed by atoms with van der Waals surface area (Å²) in [4.78, 5) is 13.8. The van der Waals surface area contributed by atoms with Crippen molar-refractivity contribution >= 4 is 18.3 Å². The number of likely N-dealkylation sites (tertiary alicyclic amines) is 1. The van der Waals surface area contributed by atoms with Crippen molar-refractivity contribution in [3.05, 3.63) is 35.1 Å². The Morgan fingerprint density at radius 3 is 2.48 bits per heavy atom. The largest absolute Gasteiger partial charge is 0.373 e. The van der Waals surface area contributed by atoms with Gasteiger partial charge in [-0.1, -0.05) is 18.6 Å². The second-order valence-corrected chi connectivity index (χ2v) is 6.57. The predicted molar refractivity (Wildman–Crippen MR) is 89.2 cm³/mol. The Balaban J connectivity index is 0.00000192. The van der Waals surface area contributed by atoms with Gasteiger partial charge in [0.25, 0.3) is 5.91 Å². The van der Waals surface area contributed by atoms with Crippen molar-refractivity contribution in [3.8, 4) is 0 Å². The highest BCUT2D eigenvalue weighted by atomic mass is 35.5. The summed E-state index contributed by atoms with van der Waals surface area (Å²) in [6.07, 6.45) is 3.16. The van der Waals surface area contributed by atoms with Crippen molar-refractivity contribution in [2.75, 3.05) is 27.2 Å². The van der Waals surface area contributed by atoms with Crippen LogP contribution in [0.4, 0.5) is 4.39 Å². The number of methoxy groups -OCH3 is 1. The maximum atomic E-state index is 14.9. The molecule has 0 aromatic heterocycles. The number of piperidine rings is 1. The molecule has 0 spiro atoms. The maximum Gasteiger partial charge on any atom is 0.251 e. The molecule has 2 fully saturated rings. The normalized spacial score (nSPS) is 30.6. The zero-order chi connectivity index (χ0) is 15.9. The zero-order valence-corrected chi connectivity index (χ0v) is 14.4. The summed E-state index contributed by atoms with van der Waals surface area (Å²) in [6, 6.07) is 4.89. The first kappa shape index (κ1) is 18.2. The van der Waals surface area contributed by atoms with Crippen LogP contribution in [0.15, 0.2) is 18.2 Å². The topological polar surface area (TPSA) is 55.6 Å². The Morgan fingerprint density at radius 2 is 1.96 bits per heavy atom. The molecule has 6 heteroatoms. The molecule has 2 bridgehead atoms. The van der Waals surface area contributed by atoms with Gasteiger partial charge in [0, 0.05) is 37.6 Å². The molecule has 1 aromatic rings. The molecule has 1 amide bonds. The van der Waals surface area contributed by atoms with Crippen LogP contribution in [0, 0.1) is 17.7 Å². The van der Waals surface area contributed by atoms with Gasteiger partial charge < -0.3 is 15.4 Å². The second kappa shape index (κ2) is 6.75. The van der Waals surface area contributed by atoms with Crippen molar-refractivity contribution in [1.29, 1.82) is 0 Å². The van der Waals surface area contributed by atoms with Crippen molar-refractivity contribution in [2.24, 2.45) is 17.6 Å². The first-order valence-electron chi connectivity index (χ1n) is 7.83. The lowest BCUT2D eigenvalue weighted by Crippen LogP contribution is -2.58.